The van der Waals surface area contributed by atoms with Crippen LogP contribution in [0.15, 0.2) is 0 Å². The van der Waals surface area contributed by atoms with Crippen LogP contribution in [0.4, 0.5) is 0 Å². The Labute approximate surface area is 58.9 Å². The van der Waals surface area contributed by atoms with Gasteiger partial charge < -0.3 is 0 Å². The molecular formula is C6H14Li. The van der Waals surface area contributed by atoms with Crippen molar-refractivity contribution in [1.29, 1.82) is 0 Å². The van der Waals surface area contributed by atoms with Gasteiger partial charge in [0.25, 0.3) is 0 Å². The van der Waals surface area contributed by atoms with Crippen LogP contribution >= 0.6 is 0 Å². The summed E-state index contributed by atoms with van der Waals surface area (Å²) in [7, 11) is 0. The third kappa shape index (κ3) is 10.8. The first-order valence-corrected chi connectivity index (χ1v) is 2.60. The van der Waals surface area contributed by atoms with Gasteiger partial charge in [-0.2, -0.15) is 0 Å². The molecular weight excluding hydrogens is 79.0 g/mol. The molecule has 7 heavy (non-hydrogen) atoms. The molecule has 0 fully saturated rings. The van der Waals surface area contributed by atoms with Gasteiger partial charge in [-0.05, 0) is 5.92 Å². The van der Waals surface area contributed by atoms with Crippen molar-refractivity contribution < 1.29 is 0 Å². The zero-order valence-corrected chi connectivity index (χ0v) is 4.70. The van der Waals surface area contributed by atoms with Crippen molar-refractivity contribution in [3.05, 3.63) is 6.92 Å². The van der Waals surface area contributed by atoms with Gasteiger partial charge in [0.05, 0.1) is 0 Å². The second-order valence-electron chi connectivity index (χ2n) is 1.89. The molecule has 0 spiro atoms. The van der Waals surface area contributed by atoms with E-state index in [1.165, 1.54) is 12.8 Å². The predicted molar refractivity (Wildman–Crippen MR) is 36.6 cm³/mol. The molecule has 0 aliphatic rings. The van der Waals surface area contributed by atoms with E-state index in [0.29, 0.717) is 5.92 Å². The molecule has 0 aliphatic carbocycles. The number of hydrogen-bond donors (Lipinski definition) is 0. The fourth-order valence-electron chi connectivity index (χ4n) is 0.493. The van der Waals surface area contributed by atoms with Crippen molar-refractivity contribution in [2.45, 2.75) is 26.7 Å². The second-order valence-corrected chi connectivity index (χ2v) is 1.89. The number of hydrogen-bond acceptors (Lipinski definition) is 0. The molecule has 0 aromatic heterocycles. The Kier molecular flexibility index (Phi) is 9.95. The molecule has 0 heterocycles. The molecule has 0 N–H and O–H groups in total. The molecule has 0 aliphatic heterocycles. The van der Waals surface area contributed by atoms with Crippen LogP contribution in [0.1, 0.15) is 26.7 Å². The third-order valence-electron chi connectivity index (χ3n) is 0.781. The van der Waals surface area contributed by atoms with Crippen LogP contribution in [-0.4, -0.2) is 18.9 Å². The Morgan fingerprint density at radius 1 is 1.57 bits per heavy atom. The quantitative estimate of drug-likeness (QED) is 0.455. The van der Waals surface area contributed by atoms with Gasteiger partial charge in [0, 0.05) is 0 Å². The fraction of sp³-hybridized carbons (Fsp3) is 0.833. The average Bonchev–Trinajstić information content (AvgIpc) is 1.35. The summed E-state index contributed by atoms with van der Waals surface area (Å²) in [5, 5.41) is 0. The summed E-state index contributed by atoms with van der Waals surface area (Å²) in [5.41, 5.74) is 0. The topological polar surface area (TPSA) is 0 Å². The third-order valence-corrected chi connectivity index (χ3v) is 0.781. The summed E-state index contributed by atoms with van der Waals surface area (Å²) in [6.07, 6.45) is 2.53. The first-order chi connectivity index (χ1) is 2.77. The molecule has 0 saturated carbocycles. The molecule has 39 valence electrons. The molecule has 0 aromatic carbocycles. The van der Waals surface area contributed by atoms with Crippen LogP contribution in [0, 0.1) is 12.8 Å². The molecule has 0 saturated heterocycles. The second kappa shape index (κ2) is 6.60. The van der Waals surface area contributed by atoms with Crippen LogP contribution in [-0.2, 0) is 0 Å². The molecule has 0 rings (SSSR count). The normalized spacial score (nSPS) is 8.57. The summed E-state index contributed by atoms with van der Waals surface area (Å²) in [6, 6.07) is 0. The minimum absolute atomic E-state index is 0. The van der Waals surface area contributed by atoms with Gasteiger partial charge in [-0.15, -0.1) is 0 Å². The van der Waals surface area contributed by atoms with Crippen LogP contribution in [0.3, 0.4) is 0 Å². The van der Waals surface area contributed by atoms with E-state index in [9.17, 15) is 0 Å². The zero-order chi connectivity index (χ0) is 4.99. The summed E-state index contributed by atoms with van der Waals surface area (Å²) < 4.78 is 0. The SMILES string of the molecule is [CH2]C(C)CCC.[LiH]. The molecule has 0 bridgehead atoms. The van der Waals surface area contributed by atoms with E-state index < -0.39 is 0 Å². The van der Waals surface area contributed by atoms with Gasteiger partial charge in [0.1, 0.15) is 0 Å². The van der Waals surface area contributed by atoms with Crippen molar-refractivity contribution in [1.82, 2.24) is 0 Å². The summed E-state index contributed by atoms with van der Waals surface area (Å²) in [4.78, 5) is 0. The Morgan fingerprint density at radius 2 is 2.00 bits per heavy atom. The molecule has 1 unspecified atom stereocenters. The van der Waals surface area contributed by atoms with E-state index in [-0.39, 0.29) is 18.9 Å². The van der Waals surface area contributed by atoms with Crippen molar-refractivity contribution in [3.8, 4) is 0 Å². The van der Waals surface area contributed by atoms with Gasteiger partial charge in [-0.25, -0.2) is 0 Å². The van der Waals surface area contributed by atoms with Crippen molar-refractivity contribution in [3.63, 3.8) is 0 Å². The zero-order valence-electron chi connectivity index (χ0n) is 4.70. The average molecular weight is 93.1 g/mol. The van der Waals surface area contributed by atoms with Gasteiger partial charge in [0.2, 0.25) is 0 Å². The summed E-state index contributed by atoms with van der Waals surface area (Å²) in [5.74, 6) is 0.648. The minimum atomic E-state index is 0. The Morgan fingerprint density at radius 3 is 2.00 bits per heavy atom. The van der Waals surface area contributed by atoms with Crippen LogP contribution < -0.4 is 0 Å². The first-order valence-electron chi connectivity index (χ1n) is 2.60. The van der Waals surface area contributed by atoms with Crippen molar-refractivity contribution in [2.24, 2.45) is 5.92 Å². The maximum atomic E-state index is 3.83. The molecule has 0 aromatic rings. The summed E-state index contributed by atoms with van der Waals surface area (Å²) >= 11 is 0. The molecule has 1 radical (unpaired) electrons. The molecule has 1 heteroatoms. The van der Waals surface area contributed by atoms with Crippen LogP contribution in [0.2, 0.25) is 0 Å². The van der Waals surface area contributed by atoms with Crippen molar-refractivity contribution in [2.75, 3.05) is 0 Å². The van der Waals surface area contributed by atoms with Crippen molar-refractivity contribution >= 4 is 18.9 Å². The molecule has 0 amide bonds. The fourth-order valence-corrected chi connectivity index (χ4v) is 0.493. The molecule has 0 nitrogen and oxygen atoms in total. The standard InChI is InChI=1S/C6H13.Li.H/c1-4-5-6(2)3;;/h6H,2,4-5H2,1,3H3;;. The van der Waals surface area contributed by atoms with E-state index in [4.69, 9.17) is 0 Å². The Hall–Kier alpha value is 0.597. The van der Waals surface area contributed by atoms with E-state index in [1.54, 1.807) is 0 Å². The van der Waals surface area contributed by atoms with Gasteiger partial charge in [0.15, 0.2) is 0 Å². The van der Waals surface area contributed by atoms with E-state index in [2.05, 4.69) is 20.8 Å². The Balaban J connectivity index is 0. The van der Waals surface area contributed by atoms with E-state index >= 15 is 0 Å². The maximum absolute atomic E-state index is 3.83. The first kappa shape index (κ1) is 10.6. The molecule has 1 atom stereocenters. The predicted octanol–water partition coefficient (Wildman–Crippen LogP) is 1.61. The van der Waals surface area contributed by atoms with Gasteiger partial charge >= 0.3 is 18.9 Å². The Bertz CT molecular complexity index is 25.4. The monoisotopic (exact) mass is 93.1 g/mol. The summed E-state index contributed by atoms with van der Waals surface area (Å²) in [6.45, 7) is 8.15. The van der Waals surface area contributed by atoms with Crippen LogP contribution in [0.25, 0.3) is 0 Å². The van der Waals surface area contributed by atoms with E-state index in [0.717, 1.165) is 0 Å². The van der Waals surface area contributed by atoms with E-state index in [1.807, 2.05) is 0 Å². The van der Waals surface area contributed by atoms with Gasteiger partial charge in [-0.1, -0.05) is 33.6 Å². The van der Waals surface area contributed by atoms with Gasteiger partial charge in [-0.3, -0.25) is 0 Å². The van der Waals surface area contributed by atoms with Crippen LogP contribution in [0.5, 0.6) is 0 Å². The number of rotatable bonds is 2.